The standard InChI is InChI=1S/C14H17BrN2OS/c1-17-9-11(8-16-17)5-6-13(18)10-19-14-4-2-3-12(15)7-14/h2-4,7-9,13,18H,5-6,10H2,1H3. The molecule has 1 N–H and O–H groups in total. The first-order valence-corrected chi connectivity index (χ1v) is 7.95. The van der Waals surface area contributed by atoms with E-state index < -0.39 is 0 Å². The van der Waals surface area contributed by atoms with Crippen molar-refractivity contribution in [3.05, 3.63) is 46.7 Å². The lowest BCUT2D eigenvalue weighted by molar-refractivity contribution is 0.189. The highest BCUT2D eigenvalue weighted by molar-refractivity contribution is 9.10. The van der Waals surface area contributed by atoms with Crippen LogP contribution >= 0.6 is 27.7 Å². The molecule has 1 aromatic carbocycles. The quantitative estimate of drug-likeness (QED) is 0.820. The normalized spacial score (nSPS) is 12.6. The van der Waals surface area contributed by atoms with E-state index in [2.05, 4.69) is 33.2 Å². The van der Waals surface area contributed by atoms with Gasteiger partial charge in [0.2, 0.25) is 0 Å². The fourth-order valence-electron chi connectivity index (χ4n) is 1.77. The van der Waals surface area contributed by atoms with E-state index in [1.807, 2.05) is 31.6 Å². The molecule has 1 unspecified atom stereocenters. The van der Waals surface area contributed by atoms with E-state index in [4.69, 9.17) is 0 Å². The van der Waals surface area contributed by atoms with Gasteiger partial charge >= 0.3 is 0 Å². The topological polar surface area (TPSA) is 38.0 Å². The second-order valence-corrected chi connectivity index (χ2v) is 6.49. The molecular formula is C14H17BrN2OS. The molecule has 0 aliphatic rings. The molecule has 1 heterocycles. The number of hydrogen-bond acceptors (Lipinski definition) is 3. The van der Waals surface area contributed by atoms with Gasteiger partial charge in [0.25, 0.3) is 0 Å². The third kappa shape index (κ3) is 5.01. The van der Waals surface area contributed by atoms with Crippen molar-refractivity contribution in [3.63, 3.8) is 0 Å². The molecule has 0 fully saturated rings. The maximum absolute atomic E-state index is 9.99. The molecule has 2 aromatic rings. The Bertz CT molecular complexity index is 530. The average molecular weight is 341 g/mol. The summed E-state index contributed by atoms with van der Waals surface area (Å²) in [5, 5.41) is 14.1. The van der Waals surface area contributed by atoms with Crippen LogP contribution in [0.4, 0.5) is 0 Å². The summed E-state index contributed by atoms with van der Waals surface area (Å²) < 4.78 is 2.86. The summed E-state index contributed by atoms with van der Waals surface area (Å²) in [6.45, 7) is 0. The smallest absolute Gasteiger partial charge is 0.0637 e. The second kappa shape index (κ2) is 7.12. The van der Waals surface area contributed by atoms with Crippen molar-refractivity contribution in [3.8, 4) is 0 Å². The zero-order chi connectivity index (χ0) is 13.7. The molecule has 102 valence electrons. The molecule has 3 nitrogen and oxygen atoms in total. The van der Waals surface area contributed by atoms with Crippen LogP contribution in [0, 0.1) is 0 Å². The molecule has 0 aliphatic heterocycles. The molecule has 0 aliphatic carbocycles. The lowest BCUT2D eigenvalue weighted by atomic mass is 10.1. The van der Waals surface area contributed by atoms with Gasteiger partial charge in [-0.15, -0.1) is 11.8 Å². The van der Waals surface area contributed by atoms with Crippen LogP contribution in [0.3, 0.4) is 0 Å². The van der Waals surface area contributed by atoms with Gasteiger partial charge in [0.15, 0.2) is 0 Å². The fraction of sp³-hybridized carbons (Fsp3) is 0.357. The second-order valence-electron chi connectivity index (χ2n) is 4.48. The van der Waals surface area contributed by atoms with Gasteiger partial charge in [0, 0.05) is 28.4 Å². The third-order valence-electron chi connectivity index (χ3n) is 2.76. The number of thioether (sulfide) groups is 1. The van der Waals surface area contributed by atoms with Crippen molar-refractivity contribution in [2.75, 3.05) is 5.75 Å². The van der Waals surface area contributed by atoms with Gasteiger partial charge in [0.1, 0.15) is 0 Å². The van der Waals surface area contributed by atoms with E-state index in [1.165, 1.54) is 10.5 Å². The minimum Gasteiger partial charge on any atom is -0.392 e. The van der Waals surface area contributed by atoms with E-state index in [1.54, 1.807) is 16.4 Å². The number of aliphatic hydroxyl groups excluding tert-OH is 1. The van der Waals surface area contributed by atoms with Crippen molar-refractivity contribution in [2.24, 2.45) is 7.05 Å². The van der Waals surface area contributed by atoms with E-state index in [0.29, 0.717) is 0 Å². The third-order valence-corrected chi connectivity index (χ3v) is 4.40. The van der Waals surface area contributed by atoms with E-state index in [-0.39, 0.29) is 6.10 Å². The van der Waals surface area contributed by atoms with Crippen molar-refractivity contribution in [1.82, 2.24) is 9.78 Å². The van der Waals surface area contributed by atoms with E-state index in [0.717, 1.165) is 23.1 Å². The van der Waals surface area contributed by atoms with Crippen LogP contribution in [0.1, 0.15) is 12.0 Å². The fourth-order valence-corrected chi connectivity index (χ4v) is 3.25. The molecule has 0 spiro atoms. The number of benzene rings is 1. The molecule has 0 saturated carbocycles. The first-order chi connectivity index (χ1) is 9.13. The molecule has 1 atom stereocenters. The van der Waals surface area contributed by atoms with Crippen molar-refractivity contribution in [1.29, 1.82) is 0 Å². The summed E-state index contributed by atoms with van der Waals surface area (Å²) in [7, 11) is 1.91. The van der Waals surface area contributed by atoms with Crippen molar-refractivity contribution in [2.45, 2.75) is 23.8 Å². The minimum absolute atomic E-state index is 0.288. The van der Waals surface area contributed by atoms with Crippen LogP contribution in [0.15, 0.2) is 46.0 Å². The van der Waals surface area contributed by atoms with Gasteiger partial charge in [-0.2, -0.15) is 5.10 Å². The maximum atomic E-state index is 9.99. The molecule has 0 saturated heterocycles. The predicted octanol–water partition coefficient (Wildman–Crippen LogP) is 3.27. The van der Waals surface area contributed by atoms with Crippen LogP contribution in [-0.2, 0) is 13.5 Å². The van der Waals surface area contributed by atoms with Gasteiger partial charge in [-0.1, -0.05) is 22.0 Å². The number of aromatic nitrogens is 2. The van der Waals surface area contributed by atoms with Crippen LogP contribution in [0.25, 0.3) is 0 Å². The molecular weight excluding hydrogens is 324 g/mol. The van der Waals surface area contributed by atoms with Crippen LogP contribution in [-0.4, -0.2) is 26.7 Å². The summed E-state index contributed by atoms with van der Waals surface area (Å²) in [6.07, 6.45) is 5.20. The van der Waals surface area contributed by atoms with Crippen LogP contribution < -0.4 is 0 Å². The summed E-state index contributed by atoms with van der Waals surface area (Å²) >= 11 is 5.13. The first-order valence-electron chi connectivity index (χ1n) is 6.17. The SMILES string of the molecule is Cn1cc(CCC(O)CSc2cccc(Br)c2)cn1. The monoisotopic (exact) mass is 340 g/mol. The van der Waals surface area contributed by atoms with Gasteiger partial charge in [-0.25, -0.2) is 0 Å². The van der Waals surface area contributed by atoms with E-state index >= 15 is 0 Å². The highest BCUT2D eigenvalue weighted by Gasteiger charge is 2.07. The Balaban J connectivity index is 1.74. The Hall–Kier alpha value is -0.780. The number of hydrogen-bond donors (Lipinski definition) is 1. The van der Waals surface area contributed by atoms with Crippen molar-refractivity contribution < 1.29 is 5.11 Å². The van der Waals surface area contributed by atoms with Crippen LogP contribution in [0.5, 0.6) is 0 Å². The Morgan fingerprint density at radius 3 is 3.00 bits per heavy atom. The largest absolute Gasteiger partial charge is 0.392 e. The first kappa shape index (κ1) is 14.6. The highest BCUT2D eigenvalue weighted by Crippen LogP contribution is 2.23. The molecule has 0 radical (unpaired) electrons. The summed E-state index contributed by atoms with van der Waals surface area (Å²) in [6, 6.07) is 8.14. The maximum Gasteiger partial charge on any atom is 0.0637 e. The van der Waals surface area contributed by atoms with Crippen molar-refractivity contribution >= 4 is 27.7 Å². The van der Waals surface area contributed by atoms with Gasteiger partial charge < -0.3 is 5.11 Å². The predicted molar refractivity (Wildman–Crippen MR) is 82.4 cm³/mol. The molecule has 5 heteroatoms. The summed E-state index contributed by atoms with van der Waals surface area (Å²) in [5.74, 6) is 0.719. The number of aryl methyl sites for hydroxylation is 2. The molecule has 0 bridgehead atoms. The number of halogens is 1. The molecule has 1 aromatic heterocycles. The Morgan fingerprint density at radius 2 is 2.32 bits per heavy atom. The van der Waals surface area contributed by atoms with Gasteiger partial charge in [0.05, 0.1) is 12.3 Å². The number of nitrogens with zero attached hydrogens (tertiary/aromatic N) is 2. The highest BCUT2D eigenvalue weighted by atomic mass is 79.9. The Morgan fingerprint density at radius 1 is 1.47 bits per heavy atom. The van der Waals surface area contributed by atoms with E-state index in [9.17, 15) is 5.11 Å². The number of rotatable bonds is 6. The molecule has 2 rings (SSSR count). The minimum atomic E-state index is -0.288. The Kier molecular flexibility index (Phi) is 5.48. The van der Waals surface area contributed by atoms with Crippen LogP contribution in [0.2, 0.25) is 0 Å². The zero-order valence-corrected chi connectivity index (χ0v) is 13.2. The lowest BCUT2D eigenvalue weighted by Gasteiger charge is -2.09. The van der Waals surface area contributed by atoms with Gasteiger partial charge in [-0.05, 0) is 36.6 Å². The molecule has 0 amide bonds. The zero-order valence-electron chi connectivity index (χ0n) is 10.8. The molecule has 19 heavy (non-hydrogen) atoms. The summed E-state index contributed by atoms with van der Waals surface area (Å²) in [5.41, 5.74) is 1.18. The van der Waals surface area contributed by atoms with Gasteiger partial charge in [-0.3, -0.25) is 4.68 Å². The number of aliphatic hydroxyl groups is 1. The average Bonchev–Trinajstić information content (AvgIpc) is 2.80. The lowest BCUT2D eigenvalue weighted by Crippen LogP contribution is -2.10. The summed E-state index contributed by atoms with van der Waals surface area (Å²) in [4.78, 5) is 1.18. The Labute approximate surface area is 126 Å².